The summed E-state index contributed by atoms with van der Waals surface area (Å²) >= 11 is 1.90. The van der Waals surface area contributed by atoms with Crippen LogP contribution in [0.2, 0.25) is 0 Å². The molecule has 1 aromatic carbocycles. The van der Waals surface area contributed by atoms with Crippen LogP contribution in [0.15, 0.2) is 23.1 Å². The van der Waals surface area contributed by atoms with Gasteiger partial charge in [-0.15, -0.1) is 11.8 Å². The molecule has 1 saturated heterocycles. The van der Waals surface area contributed by atoms with E-state index in [9.17, 15) is 4.79 Å². The number of hydrogen-bond acceptors (Lipinski definition) is 4. The first-order chi connectivity index (χ1) is 10.3. The molecule has 1 fully saturated rings. The van der Waals surface area contributed by atoms with Gasteiger partial charge in [0, 0.05) is 34.6 Å². The second kappa shape index (κ2) is 6.81. The highest BCUT2D eigenvalue weighted by atomic mass is 32.2. The number of fused-ring (bicyclic) bond motifs is 1. The lowest BCUT2D eigenvalue weighted by atomic mass is 10.1. The zero-order valence-electron chi connectivity index (χ0n) is 12.4. The van der Waals surface area contributed by atoms with E-state index in [1.165, 1.54) is 4.90 Å². The highest BCUT2D eigenvalue weighted by molar-refractivity contribution is 8.00. The van der Waals surface area contributed by atoms with Crippen molar-refractivity contribution in [1.29, 1.82) is 0 Å². The van der Waals surface area contributed by atoms with Crippen molar-refractivity contribution in [3.8, 4) is 0 Å². The summed E-state index contributed by atoms with van der Waals surface area (Å²) in [7, 11) is 0. The Hall–Kier alpha value is -1.04. The largest absolute Gasteiger partial charge is 0.381 e. The molecule has 0 aromatic heterocycles. The molecular formula is C16H22N2O2S. The van der Waals surface area contributed by atoms with Crippen molar-refractivity contribution in [3.05, 3.63) is 23.8 Å². The summed E-state index contributed by atoms with van der Waals surface area (Å²) in [6, 6.07) is 6.14. The molecule has 2 aliphatic heterocycles. The average molecular weight is 306 g/mol. The fourth-order valence-corrected chi connectivity index (χ4v) is 3.94. The summed E-state index contributed by atoms with van der Waals surface area (Å²) in [4.78, 5) is 13.3. The lowest BCUT2D eigenvalue weighted by Gasteiger charge is -2.21. The number of anilines is 1. The van der Waals surface area contributed by atoms with Gasteiger partial charge in [0.1, 0.15) is 6.04 Å². The fourth-order valence-electron chi connectivity index (χ4n) is 2.79. The number of rotatable bonds is 5. The van der Waals surface area contributed by atoms with Gasteiger partial charge in [-0.1, -0.05) is 13.0 Å². The quantitative estimate of drug-likeness (QED) is 0.878. The highest BCUT2D eigenvalue weighted by Gasteiger charge is 2.30. The smallest absolute Gasteiger partial charge is 0.246 e. The fraction of sp³-hybridized carbons (Fsp3) is 0.562. The Morgan fingerprint density at radius 3 is 2.95 bits per heavy atom. The van der Waals surface area contributed by atoms with Crippen molar-refractivity contribution in [2.24, 2.45) is 0 Å². The van der Waals surface area contributed by atoms with Gasteiger partial charge in [-0.05, 0) is 37.9 Å². The summed E-state index contributed by atoms with van der Waals surface area (Å²) < 4.78 is 5.40. The minimum atomic E-state index is -0.193. The first-order valence-electron chi connectivity index (χ1n) is 7.70. The van der Waals surface area contributed by atoms with Crippen LogP contribution in [0.3, 0.4) is 0 Å². The summed E-state index contributed by atoms with van der Waals surface area (Å²) in [5.41, 5.74) is 2.04. The summed E-state index contributed by atoms with van der Waals surface area (Å²) in [6.07, 6.45) is 3.24. The first-order valence-corrected chi connectivity index (χ1v) is 8.58. The van der Waals surface area contributed by atoms with Crippen molar-refractivity contribution in [2.75, 3.05) is 25.1 Å². The Kier molecular flexibility index (Phi) is 4.83. The van der Waals surface area contributed by atoms with E-state index in [4.69, 9.17) is 4.74 Å². The topological polar surface area (TPSA) is 50.4 Å². The third kappa shape index (κ3) is 3.42. The maximum Gasteiger partial charge on any atom is 0.246 e. The normalized spacial score (nSPS) is 22.1. The molecule has 0 bridgehead atoms. The maximum absolute atomic E-state index is 12.0. The Bertz CT molecular complexity index is 515. The standard InChI is InChI=1S/C16H22N2O2S/c1-2-7-17-15-13-4-3-12(10-14(13)18-16(15)19)21-11-5-8-20-9-6-11/h3-4,10-11,15,17H,2,5-9H2,1H3,(H,18,19). The molecule has 1 amide bonds. The number of hydrogen-bond donors (Lipinski definition) is 2. The Morgan fingerprint density at radius 2 is 2.19 bits per heavy atom. The van der Waals surface area contributed by atoms with E-state index in [0.717, 1.165) is 50.3 Å². The second-order valence-corrected chi connectivity index (χ2v) is 6.93. The van der Waals surface area contributed by atoms with E-state index in [-0.39, 0.29) is 11.9 Å². The third-order valence-electron chi connectivity index (χ3n) is 3.93. The summed E-state index contributed by atoms with van der Waals surface area (Å²) in [5.74, 6) is 0.0617. The van der Waals surface area contributed by atoms with Crippen LogP contribution in [0.1, 0.15) is 37.8 Å². The van der Waals surface area contributed by atoms with Crippen LogP contribution < -0.4 is 10.6 Å². The van der Waals surface area contributed by atoms with E-state index in [1.807, 2.05) is 11.8 Å². The average Bonchev–Trinajstić information content (AvgIpc) is 2.81. The van der Waals surface area contributed by atoms with Gasteiger partial charge in [-0.2, -0.15) is 0 Å². The molecule has 0 spiro atoms. The van der Waals surface area contributed by atoms with Gasteiger partial charge in [-0.25, -0.2) is 0 Å². The first kappa shape index (κ1) is 14.9. The van der Waals surface area contributed by atoms with E-state index in [2.05, 4.69) is 35.8 Å². The molecule has 2 aliphatic rings. The van der Waals surface area contributed by atoms with E-state index >= 15 is 0 Å². The molecule has 0 saturated carbocycles. The maximum atomic E-state index is 12.0. The van der Waals surface area contributed by atoms with Crippen molar-refractivity contribution >= 4 is 23.4 Å². The minimum Gasteiger partial charge on any atom is -0.381 e. The molecule has 1 atom stereocenters. The monoisotopic (exact) mass is 306 g/mol. The van der Waals surface area contributed by atoms with Crippen molar-refractivity contribution in [2.45, 2.75) is 42.4 Å². The van der Waals surface area contributed by atoms with Gasteiger partial charge in [-0.3, -0.25) is 4.79 Å². The molecule has 4 nitrogen and oxygen atoms in total. The van der Waals surface area contributed by atoms with Gasteiger partial charge < -0.3 is 15.4 Å². The van der Waals surface area contributed by atoms with Crippen molar-refractivity contribution in [1.82, 2.24) is 5.32 Å². The summed E-state index contributed by atoms with van der Waals surface area (Å²) in [5, 5.41) is 6.92. The van der Waals surface area contributed by atoms with Gasteiger partial charge in [0.2, 0.25) is 5.91 Å². The Balaban J connectivity index is 1.70. The van der Waals surface area contributed by atoms with Gasteiger partial charge in [0.05, 0.1) is 0 Å². The number of benzene rings is 1. The SMILES string of the molecule is CCCNC1C(=O)Nc2cc(SC3CCOCC3)ccc21. The van der Waals surface area contributed by atoms with Crippen LogP contribution in [0.4, 0.5) is 5.69 Å². The van der Waals surface area contributed by atoms with Crippen LogP contribution in [-0.4, -0.2) is 30.9 Å². The zero-order valence-corrected chi connectivity index (χ0v) is 13.2. The molecule has 2 N–H and O–H groups in total. The lowest BCUT2D eigenvalue weighted by molar-refractivity contribution is -0.117. The van der Waals surface area contributed by atoms with Gasteiger partial charge >= 0.3 is 0 Å². The predicted molar refractivity (Wildman–Crippen MR) is 85.8 cm³/mol. The number of carbonyl (C=O) groups excluding carboxylic acids is 1. The molecule has 0 radical (unpaired) electrons. The predicted octanol–water partition coefficient (Wildman–Crippen LogP) is 2.95. The molecule has 21 heavy (non-hydrogen) atoms. The second-order valence-electron chi connectivity index (χ2n) is 5.56. The van der Waals surface area contributed by atoms with Gasteiger partial charge in [0.15, 0.2) is 0 Å². The molecule has 0 aliphatic carbocycles. The third-order valence-corrected chi connectivity index (χ3v) is 5.26. The Morgan fingerprint density at radius 1 is 1.38 bits per heavy atom. The van der Waals surface area contributed by atoms with E-state index < -0.39 is 0 Å². The zero-order chi connectivity index (χ0) is 14.7. The molecule has 1 aromatic rings. The van der Waals surface area contributed by atoms with Crippen LogP contribution in [0.5, 0.6) is 0 Å². The van der Waals surface area contributed by atoms with Crippen molar-refractivity contribution in [3.63, 3.8) is 0 Å². The number of carbonyl (C=O) groups is 1. The number of nitrogens with one attached hydrogen (secondary N) is 2. The van der Waals surface area contributed by atoms with Crippen LogP contribution in [0.25, 0.3) is 0 Å². The number of amides is 1. The molecule has 5 heteroatoms. The highest BCUT2D eigenvalue weighted by Crippen LogP contribution is 2.37. The number of ether oxygens (including phenoxy) is 1. The summed E-state index contributed by atoms with van der Waals surface area (Å²) in [6.45, 7) is 4.69. The molecular weight excluding hydrogens is 284 g/mol. The van der Waals surface area contributed by atoms with Crippen molar-refractivity contribution < 1.29 is 9.53 Å². The molecule has 3 rings (SSSR count). The molecule has 2 heterocycles. The minimum absolute atomic E-state index is 0.0617. The van der Waals surface area contributed by atoms with Crippen LogP contribution >= 0.6 is 11.8 Å². The van der Waals surface area contributed by atoms with Gasteiger partial charge in [0.25, 0.3) is 0 Å². The van der Waals surface area contributed by atoms with E-state index in [1.54, 1.807) is 0 Å². The number of thioether (sulfide) groups is 1. The van der Waals surface area contributed by atoms with E-state index in [0.29, 0.717) is 5.25 Å². The van der Waals surface area contributed by atoms with Crippen LogP contribution in [0, 0.1) is 0 Å². The lowest BCUT2D eigenvalue weighted by Crippen LogP contribution is -2.27. The molecule has 1 unspecified atom stereocenters. The molecule has 114 valence electrons. The Labute approximate surface area is 130 Å². The van der Waals surface area contributed by atoms with Crippen LogP contribution in [-0.2, 0) is 9.53 Å².